The molecule has 0 radical (unpaired) electrons. The van der Waals surface area contributed by atoms with E-state index < -0.39 is 0 Å². The maximum Gasteiger partial charge on any atom is 0.0899 e. The van der Waals surface area contributed by atoms with Gasteiger partial charge in [-0.05, 0) is 39.9 Å². The van der Waals surface area contributed by atoms with Crippen molar-refractivity contribution in [2.45, 2.75) is 19.4 Å². The molecule has 0 aromatic rings. The van der Waals surface area contributed by atoms with E-state index >= 15 is 0 Å². The Morgan fingerprint density at radius 3 is 2.79 bits per heavy atom. The minimum absolute atomic E-state index is 0.218. The Morgan fingerprint density at radius 2 is 2.36 bits per heavy atom. The molecule has 0 saturated carbocycles. The van der Waals surface area contributed by atoms with E-state index in [1.807, 2.05) is 0 Å². The van der Waals surface area contributed by atoms with Gasteiger partial charge in [0.25, 0.3) is 0 Å². The molecule has 82 valence electrons. The average molecular weight is 215 g/mol. The van der Waals surface area contributed by atoms with Gasteiger partial charge >= 0.3 is 0 Å². The number of likely N-dealkylation sites (tertiary alicyclic amines) is 1. The summed E-state index contributed by atoms with van der Waals surface area (Å²) in [6.07, 6.45) is 1.30. The quantitative estimate of drug-likeness (QED) is 0.694. The second kappa shape index (κ2) is 5.05. The second-order valence-electron chi connectivity index (χ2n) is 4.43. The van der Waals surface area contributed by atoms with Crippen LogP contribution in [0.1, 0.15) is 13.3 Å². The number of thiocarbonyl (C=S) groups is 1. The summed E-state index contributed by atoms with van der Waals surface area (Å²) in [5, 5.41) is 0. The molecule has 0 aliphatic carbocycles. The standard InChI is InChI=1S/C10H21N3S/c1-8(10(11)14)13(3)7-9-4-5-12(2)6-9/h8-9H,4-7H2,1-3H3,(H2,11,14). The van der Waals surface area contributed by atoms with Gasteiger partial charge in [-0.1, -0.05) is 12.2 Å². The summed E-state index contributed by atoms with van der Waals surface area (Å²) in [5.74, 6) is 0.779. The van der Waals surface area contributed by atoms with Crippen molar-refractivity contribution in [3.8, 4) is 0 Å². The molecule has 0 bridgehead atoms. The Morgan fingerprint density at radius 1 is 1.71 bits per heavy atom. The summed E-state index contributed by atoms with van der Waals surface area (Å²) >= 11 is 4.98. The Labute approximate surface area is 92.2 Å². The van der Waals surface area contributed by atoms with Gasteiger partial charge in [-0.2, -0.15) is 0 Å². The molecule has 1 fully saturated rings. The molecule has 1 rings (SSSR count). The fraction of sp³-hybridized carbons (Fsp3) is 0.900. The van der Waals surface area contributed by atoms with E-state index in [4.69, 9.17) is 18.0 Å². The van der Waals surface area contributed by atoms with E-state index in [1.54, 1.807) is 0 Å². The zero-order valence-corrected chi connectivity index (χ0v) is 10.2. The molecule has 2 N–H and O–H groups in total. The van der Waals surface area contributed by atoms with Gasteiger partial charge < -0.3 is 10.6 Å². The van der Waals surface area contributed by atoms with Gasteiger partial charge in [0.1, 0.15) is 0 Å². The van der Waals surface area contributed by atoms with E-state index in [9.17, 15) is 0 Å². The summed E-state index contributed by atoms with van der Waals surface area (Å²) in [7, 11) is 4.28. The van der Waals surface area contributed by atoms with Gasteiger partial charge in [0, 0.05) is 13.1 Å². The van der Waals surface area contributed by atoms with Gasteiger partial charge in [0.2, 0.25) is 0 Å². The minimum Gasteiger partial charge on any atom is -0.392 e. The van der Waals surface area contributed by atoms with E-state index in [2.05, 4.69) is 30.8 Å². The predicted molar refractivity (Wildman–Crippen MR) is 64.5 cm³/mol. The highest BCUT2D eigenvalue weighted by Gasteiger charge is 2.22. The molecule has 1 aliphatic rings. The molecule has 4 heteroatoms. The summed E-state index contributed by atoms with van der Waals surface area (Å²) in [5.41, 5.74) is 5.62. The fourth-order valence-electron chi connectivity index (χ4n) is 1.96. The van der Waals surface area contributed by atoms with Crippen LogP contribution in [0.2, 0.25) is 0 Å². The predicted octanol–water partition coefficient (Wildman–Crippen LogP) is 0.544. The SMILES string of the molecule is CC(C(N)=S)N(C)CC1CCN(C)C1. The molecule has 1 aliphatic heterocycles. The lowest BCUT2D eigenvalue weighted by molar-refractivity contribution is 0.257. The summed E-state index contributed by atoms with van der Waals surface area (Å²) < 4.78 is 0. The molecule has 0 aromatic heterocycles. The van der Waals surface area contributed by atoms with Crippen LogP contribution in [0, 0.1) is 5.92 Å². The molecule has 2 unspecified atom stereocenters. The van der Waals surface area contributed by atoms with Gasteiger partial charge in [0.15, 0.2) is 0 Å². The van der Waals surface area contributed by atoms with E-state index in [0.717, 1.165) is 12.5 Å². The highest BCUT2D eigenvalue weighted by atomic mass is 32.1. The lowest BCUT2D eigenvalue weighted by Crippen LogP contribution is -2.41. The number of nitrogens with zero attached hydrogens (tertiary/aromatic N) is 2. The molecule has 0 aromatic carbocycles. The first-order valence-corrected chi connectivity index (χ1v) is 5.59. The summed E-state index contributed by atoms with van der Waals surface area (Å²) in [6, 6.07) is 0.218. The Kier molecular flexibility index (Phi) is 4.29. The normalized spacial score (nSPS) is 25.6. The third-order valence-electron chi connectivity index (χ3n) is 3.11. The molecular weight excluding hydrogens is 194 g/mol. The van der Waals surface area contributed by atoms with E-state index in [1.165, 1.54) is 19.5 Å². The van der Waals surface area contributed by atoms with Crippen molar-refractivity contribution < 1.29 is 0 Å². The number of rotatable bonds is 4. The van der Waals surface area contributed by atoms with Gasteiger partial charge in [0.05, 0.1) is 11.0 Å². The Bertz CT molecular complexity index is 208. The van der Waals surface area contributed by atoms with Crippen LogP contribution in [0.15, 0.2) is 0 Å². The smallest absolute Gasteiger partial charge is 0.0899 e. The van der Waals surface area contributed by atoms with Crippen LogP contribution in [-0.4, -0.2) is 54.6 Å². The first kappa shape index (κ1) is 11.9. The van der Waals surface area contributed by atoms with Gasteiger partial charge in [-0.25, -0.2) is 0 Å². The zero-order valence-electron chi connectivity index (χ0n) is 9.36. The van der Waals surface area contributed by atoms with Crippen LogP contribution in [0.25, 0.3) is 0 Å². The van der Waals surface area contributed by atoms with Crippen LogP contribution in [0.4, 0.5) is 0 Å². The lowest BCUT2D eigenvalue weighted by Gasteiger charge is -2.26. The highest BCUT2D eigenvalue weighted by molar-refractivity contribution is 7.80. The van der Waals surface area contributed by atoms with Crippen LogP contribution in [0.5, 0.6) is 0 Å². The number of hydrogen-bond donors (Lipinski definition) is 1. The van der Waals surface area contributed by atoms with Crippen molar-refractivity contribution in [1.29, 1.82) is 0 Å². The molecule has 14 heavy (non-hydrogen) atoms. The first-order chi connectivity index (χ1) is 6.50. The third kappa shape index (κ3) is 3.19. The van der Waals surface area contributed by atoms with Gasteiger partial charge in [-0.15, -0.1) is 0 Å². The van der Waals surface area contributed by atoms with Crippen molar-refractivity contribution >= 4 is 17.2 Å². The largest absolute Gasteiger partial charge is 0.392 e. The molecule has 0 amide bonds. The van der Waals surface area contributed by atoms with E-state index in [0.29, 0.717) is 4.99 Å². The topological polar surface area (TPSA) is 32.5 Å². The van der Waals surface area contributed by atoms with Crippen molar-refractivity contribution in [3.05, 3.63) is 0 Å². The second-order valence-corrected chi connectivity index (χ2v) is 4.91. The molecular formula is C10H21N3S. The fourth-order valence-corrected chi connectivity index (χ4v) is 2.14. The lowest BCUT2D eigenvalue weighted by atomic mass is 10.1. The van der Waals surface area contributed by atoms with Crippen LogP contribution < -0.4 is 5.73 Å². The van der Waals surface area contributed by atoms with Crippen molar-refractivity contribution in [2.75, 3.05) is 33.7 Å². The monoisotopic (exact) mass is 215 g/mol. The molecule has 0 spiro atoms. The zero-order chi connectivity index (χ0) is 10.7. The third-order valence-corrected chi connectivity index (χ3v) is 3.45. The van der Waals surface area contributed by atoms with Crippen LogP contribution in [-0.2, 0) is 0 Å². The number of likely N-dealkylation sites (N-methyl/N-ethyl adjacent to an activating group) is 1. The Hall–Kier alpha value is -0.190. The number of nitrogens with two attached hydrogens (primary N) is 1. The highest BCUT2D eigenvalue weighted by Crippen LogP contribution is 2.15. The van der Waals surface area contributed by atoms with Crippen LogP contribution >= 0.6 is 12.2 Å². The van der Waals surface area contributed by atoms with Crippen molar-refractivity contribution in [2.24, 2.45) is 11.7 Å². The molecule has 1 heterocycles. The summed E-state index contributed by atoms with van der Waals surface area (Å²) in [6.45, 7) is 5.60. The average Bonchev–Trinajstić information content (AvgIpc) is 2.49. The molecule has 2 atom stereocenters. The summed E-state index contributed by atoms with van der Waals surface area (Å²) in [4.78, 5) is 5.23. The maximum atomic E-state index is 5.62. The molecule has 1 saturated heterocycles. The first-order valence-electron chi connectivity index (χ1n) is 5.18. The molecule has 3 nitrogen and oxygen atoms in total. The Balaban J connectivity index is 2.33. The number of hydrogen-bond acceptors (Lipinski definition) is 3. The maximum absolute atomic E-state index is 5.62. The minimum atomic E-state index is 0.218. The van der Waals surface area contributed by atoms with Gasteiger partial charge in [-0.3, -0.25) is 4.90 Å². The van der Waals surface area contributed by atoms with Crippen molar-refractivity contribution in [3.63, 3.8) is 0 Å². The van der Waals surface area contributed by atoms with E-state index in [-0.39, 0.29) is 6.04 Å². The van der Waals surface area contributed by atoms with Crippen LogP contribution in [0.3, 0.4) is 0 Å². The van der Waals surface area contributed by atoms with Crippen molar-refractivity contribution in [1.82, 2.24) is 9.80 Å².